The van der Waals surface area contributed by atoms with Crippen molar-refractivity contribution in [1.82, 2.24) is 19.7 Å². The Morgan fingerprint density at radius 3 is 2.92 bits per heavy atom. The summed E-state index contributed by atoms with van der Waals surface area (Å²) in [7, 11) is 1.94. The fourth-order valence-electron chi connectivity index (χ4n) is 3.00. The SMILES string of the molecule is CCCc1nn(C)c2c(NC3CC3)nc(/C=C/c3ccc[n+]([O-])c3)nc12. The van der Waals surface area contributed by atoms with Crippen LogP contribution in [0.4, 0.5) is 5.82 Å². The lowest BCUT2D eigenvalue weighted by Gasteiger charge is -2.07. The molecule has 0 aromatic carbocycles. The van der Waals surface area contributed by atoms with Gasteiger partial charge in [0.05, 0.1) is 5.69 Å². The van der Waals surface area contributed by atoms with Crippen LogP contribution in [-0.4, -0.2) is 25.8 Å². The first-order chi connectivity index (χ1) is 12.6. The monoisotopic (exact) mass is 350 g/mol. The number of fused-ring (bicyclic) bond motifs is 1. The molecule has 1 aliphatic rings. The van der Waals surface area contributed by atoms with E-state index < -0.39 is 0 Å². The smallest absolute Gasteiger partial charge is 0.187 e. The van der Waals surface area contributed by atoms with Crippen LogP contribution in [0.3, 0.4) is 0 Å². The molecule has 0 amide bonds. The Kier molecular flexibility index (Phi) is 4.28. The molecule has 3 aromatic rings. The number of hydrogen-bond donors (Lipinski definition) is 1. The molecule has 4 rings (SSSR count). The van der Waals surface area contributed by atoms with Crippen LogP contribution in [0.25, 0.3) is 23.2 Å². The van der Waals surface area contributed by atoms with Crippen molar-refractivity contribution in [2.75, 3.05) is 5.32 Å². The van der Waals surface area contributed by atoms with E-state index in [1.165, 1.54) is 25.2 Å². The summed E-state index contributed by atoms with van der Waals surface area (Å²) in [6, 6.07) is 4.08. The van der Waals surface area contributed by atoms with E-state index in [1.807, 2.05) is 29.9 Å². The molecule has 1 N–H and O–H groups in total. The lowest BCUT2D eigenvalue weighted by Crippen LogP contribution is -2.24. The Hall–Kier alpha value is -2.96. The molecule has 3 aromatic heterocycles. The largest absolute Gasteiger partial charge is 0.619 e. The minimum absolute atomic E-state index is 0.489. The van der Waals surface area contributed by atoms with E-state index in [1.54, 1.807) is 6.07 Å². The maximum atomic E-state index is 11.4. The van der Waals surface area contributed by atoms with Crippen LogP contribution in [0.1, 0.15) is 43.3 Å². The summed E-state index contributed by atoms with van der Waals surface area (Å²) in [5.41, 5.74) is 3.66. The Labute approximate surface area is 152 Å². The van der Waals surface area contributed by atoms with E-state index >= 15 is 0 Å². The fourth-order valence-corrected chi connectivity index (χ4v) is 3.00. The van der Waals surface area contributed by atoms with Crippen molar-refractivity contribution in [2.45, 2.75) is 38.6 Å². The Bertz CT molecular complexity index is 974. The van der Waals surface area contributed by atoms with Gasteiger partial charge in [-0.25, -0.2) is 9.97 Å². The quantitative estimate of drug-likeness (QED) is 0.546. The van der Waals surface area contributed by atoms with E-state index in [0.717, 1.165) is 45.7 Å². The molecule has 0 aliphatic heterocycles. The van der Waals surface area contributed by atoms with Crippen molar-refractivity contribution in [3.8, 4) is 0 Å². The van der Waals surface area contributed by atoms with Crippen LogP contribution in [0.5, 0.6) is 0 Å². The summed E-state index contributed by atoms with van der Waals surface area (Å²) in [4.78, 5) is 9.43. The number of aromatic nitrogens is 5. The molecular formula is C19H22N6O. The standard InChI is InChI=1S/C19H22N6O/c1-3-5-15-17-18(24(2)23-15)19(20-14-8-9-14)22-16(21-17)10-7-13-6-4-11-25(26)12-13/h4,6-7,10-12,14H,3,5,8-9H2,1-2H3,(H,20,21,22)/b10-7+. The van der Waals surface area contributed by atoms with Crippen LogP contribution in [0, 0.1) is 5.21 Å². The molecule has 26 heavy (non-hydrogen) atoms. The van der Waals surface area contributed by atoms with Crippen molar-refractivity contribution in [2.24, 2.45) is 7.05 Å². The third-order valence-electron chi connectivity index (χ3n) is 4.40. The molecule has 3 heterocycles. The number of nitrogens with one attached hydrogen (secondary N) is 1. The lowest BCUT2D eigenvalue weighted by atomic mass is 10.2. The number of nitrogens with zero attached hydrogens (tertiary/aromatic N) is 5. The second-order valence-corrected chi connectivity index (χ2v) is 6.70. The van der Waals surface area contributed by atoms with Crippen molar-refractivity contribution in [3.05, 3.63) is 46.8 Å². The predicted octanol–water partition coefficient (Wildman–Crippen LogP) is 2.69. The van der Waals surface area contributed by atoms with Gasteiger partial charge in [0.25, 0.3) is 0 Å². The normalized spacial score (nSPS) is 14.4. The Balaban J connectivity index is 1.77. The molecule has 0 bridgehead atoms. The van der Waals surface area contributed by atoms with Crippen molar-refractivity contribution in [1.29, 1.82) is 0 Å². The van der Waals surface area contributed by atoms with Crippen molar-refractivity contribution in [3.63, 3.8) is 0 Å². The third-order valence-corrected chi connectivity index (χ3v) is 4.40. The maximum absolute atomic E-state index is 11.4. The van der Waals surface area contributed by atoms with Crippen LogP contribution in [0.2, 0.25) is 0 Å². The molecule has 0 radical (unpaired) electrons. The van der Waals surface area contributed by atoms with Gasteiger partial charge in [-0.05, 0) is 37.5 Å². The maximum Gasteiger partial charge on any atom is 0.187 e. The Morgan fingerprint density at radius 1 is 1.35 bits per heavy atom. The first-order valence-electron chi connectivity index (χ1n) is 9.01. The number of anilines is 1. The molecule has 1 saturated carbocycles. The van der Waals surface area contributed by atoms with Gasteiger partial charge in [0.2, 0.25) is 0 Å². The Morgan fingerprint density at radius 2 is 2.19 bits per heavy atom. The van der Waals surface area contributed by atoms with Crippen molar-refractivity contribution >= 4 is 29.0 Å². The second kappa shape index (κ2) is 6.74. The van der Waals surface area contributed by atoms with E-state index in [9.17, 15) is 5.21 Å². The molecule has 134 valence electrons. The van der Waals surface area contributed by atoms with E-state index in [0.29, 0.717) is 11.9 Å². The zero-order valence-electron chi connectivity index (χ0n) is 15.0. The van der Waals surface area contributed by atoms with E-state index in [4.69, 9.17) is 9.97 Å². The summed E-state index contributed by atoms with van der Waals surface area (Å²) >= 11 is 0. The van der Waals surface area contributed by atoms with Gasteiger partial charge in [-0.1, -0.05) is 13.3 Å². The van der Waals surface area contributed by atoms with Crippen LogP contribution >= 0.6 is 0 Å². The molecule has 0 saturated heterocycles. The highest BCUT2D eigenvalue weighted by atomic mass is 16.5. The predicted molar refractivity (Wildman–Crippen MR) is 101 cm³/mol. The topological polar surface area (TPSA) is 82.6 Å². The molecule has 7 heteroatoms. The molecule has 0 spiro atoms. The molecular weight excluding hydrogens is 328 g/mol. The summed E-state index contributed by atoms with van der Waals surface area (Å²) in [5.74, 6) is 1.45. The highest BCUT2D eigenvalue weighted by Crippen LogP contribution is 2.29. The van der Waals surface area contributed by atoms with Crippen LogP contribution < -0.4 is 10.0 Å². The van der Waals surface area contributed by atoms with Gasteiger partial charge in [-0.3, -0.25) is 4.68 Å². The number of pyridine rings is 1. The first-order valence-corrected chi connectivity index (χ1v) is 9.01. The van der Waals surface area contributed by atoms with Gasteiger partial charge in [0.1, 0.15) is 11.0 Å². The van der Waals surface area contributed by atoms with Gasteiger partial charge in [-0.15, -0.1) is 0 Å². The highest BCUT2D eigenvalue weighted by molar-refractivity contribution is 5.89. The minimum Gasteiger partial charge on any atom is -0.619 e. The van der Waals surface area contributed by atoms with Gasteiger partial charge in [-0.2, -0.15) is 9.83 Å². The van der Waals surface area contributed by atoms with Crippen LogP contribution in [-0.2, 0) is 13.5 Å². The molecule has 0 atom stereocenters. The number of aryl methyl sites for hydroxylation is 2. The van der Waals surface area contributed by atoms with Crippen LogP contribution in [0.15, 0.2) is 24.5 Å². The fraction of sp³-hybridized carbons (Fsp3) is 0.368. The summed E-state index contributed by atoms with van der Waals surface area (Å²) in [6.07, 6.45) is 10.9. The molecule has 7 nitrogen and oxygen atoms in total. The van der Waals surface area contributed by atoms with Gasteiger partial charge in [0, 0.05) is 24.7 Å². The third kappa shape index (κ3) is 3.37. The van der Waals surface area contributed by atoms with E-state index in [-0.39, 0.29) is 0 Å². The van der Waals surface area contributed by atoms with Gasteiger partial charge < -0.3 is 10.5 Å². The second-order valence-electron chi connectivity index (χ2n) is 6.70. The van der Waals surface area contributed by atoms with Gasteiger partial charge in [0.15, 0.2) is 24.0 Å². The van der Waals surface area contributed by atoms with E-state index in [2.05, 4.69) is 17.3 Å². The summed E-state index contributed by atoms with van der Waals surface area (Å²) < 4.78 is 2.65. The molecule has 0 unspecified atom stereocenters. The summed E-state index contributed by atoms with van der Waals surface area (Å²) in [6.45, 7) is 2.14. The lowest BCUT2D eigenvalue weighted by molar-refractivity contribution is -0.605. The number of rotatable bonds is 6. The first kappa shape index (κ1) is 16.5. The number of hydrogen-bond acceptors (Lipinski definition) is 5. The molecule has 1 aliphatic carbocycles. The van der Waals surface area contributed by atoms with Crippen molar-refractivity contribution < 1.29 is 4.73 Å². The minimum atomic E-state index is 0.489. The average Bonchev–Trinajstić information content (AvgIpc) is 3.37. The molecule has 1 fully saturated rings. The average molecular weight is 350 g/mol. The van der Waals surface area contributed by atoms with Gasteiger partial charge >= 0.3 is 0 Å². The summed E-state index contributed by atoms with van der Waals surface area (Å²) in [5, 5.41) is 19.6. The zero-order valence-corrected chi connectivity index (χ0v) is 15.0. The zero-order chi connectivity index (χ0) is 18.1. The highest BCUT2D eigenvalue weighted by Gasteiger charge is 2.24.